The van der Waals surface area contributed by atoms with E-state index in [4.69, 9.17) is 11.6 Å². The molecule has 1 aliphatic heterocycles. The molecule has 0 bridgehead atoms. The Bertz CT molecular complexity index is 436. The van der Waals surface area contributed by atoms with Crippen molar-refractivity contribution in [3.8, 4) is 0 Å². The van der Waals surface area contributed by atoms with Gasteiger partial charge in [-0.05, 0) is 63.2 Å². The van der Waals surface area contributed by atoms with Crippen LogP contribution in [-0.2, 0) is 4.79 Å². The van der Waals surface area contributed by atoms with E-state index < -0.39 is 11.2 Å². The average molecular weight is 350 g/mol. The van der Waals surface area contributed by atoms with Crippen molar-refractivity contribution in [2.75, 3.05) is 19.6 Å². The van der Waals surface area contributed by atoms with E-state index >= 15 is 0 Å². The number of rotatable bonds is 6. The third-order valence-electron chi connectivity index (χ3n) is 3.52. The van der Waals surface area contributed by atoms with E-state index in [-0.39, 0.29) is 12.4 Å². The molecule has 1 atom stereocenters. The summed E-state index contributed by atoms with van der Waals surface area (Å²) in [6, 6.07) is 7.36. The molecule has 0 amide bonds. The van der Waals surface area contributed by atoms with Gasteiger partial charge < -0.3 is 10.0 Å². The maximum Gasteiger partial charge on any atom is 0.317 e. The van der Waals surface area contributed by atoms with Crippen LogP contribution in [0.2, 0.25) is 5.02 Å². The Hall–Kier alpha value is -0.420. The number of hydrogen-bond donors (Lipinski definition) is 1. The molecule has 118 valence electrons. The van der Waals surface area contributed by atoms with Crippen LogP contribution < -0.4 is 0 Å². The second-order valence-electron chi connectivity index (χ2n) is 5.09. The minimum absolute atomic E-state index is 0. The van der Waals surface area contributed by atoms with Gasteiger partial charge in [0.1, 0.15) is 5.25 Å². The molecule has 0 radical (unpaired) electrons. The molecular formula is C15H21Cl2NO2S. The maximum absolute atomic E-state index is 11.4. The number of aliphatic carboxylic acids is 1. The third-order valence-corrected chi connectivity index (χ3v) is 5.04. The molecule has 1 fully saturated rings. The van der Waals surface area contributed by atoms with Gasteiger partial charge in [-0.1, -0.05) is 18.0 Å². The van der Waals surface area contributed by atoms with E-state index in [1.807, 2.05) is 12.1 Å². The molecule has 1 aromatic rings. The standard InChI is InChI=1S/C15H20ClNO2S.ClH/c16-12-4-6-13(7-5-12)20-14(15(18)19)8-11-17-9-2-1-3-10-17;/h4-7,14H,1-3,8-11H2,(H,18,19);1H. The number of carbonyl (C=O) groups is 1. The Morgan fingerprint density at radius 3 is 2.43 bits per heavy atom. The molecule has 0 aromatic heterocycles. The molecule has 1 aromatic carbocycles. The van der Waals surface area contributed by atoms with Crippen LogP contribution in [0, 0.1) is 0 Å². The van der Waals surface area contributed by atoms with Crippen molar-refractivity contribution in [3.63, 3.8) is 0 Å². The number of nitrogens with zero attached hydrogens (tertiary/aromatic N) is 1. The first-order valence-electron chi connectivity index (χ1n) is 7.02. The van der Waals surface area contributed by atoms with Crippen LogP contribution in [0.15, 0.2) is 29.2 Å². The van der Waals surface area contributed by atoms with E-state index in [9.17, 15) is 9.90 Å². The fourth-order valence-corrected chi connectivity index (χ4v) is 3.46. The van der Waals surface area contributed by atoms with Crippen molar-refractivity contribution < 1.29 is 9.90 Å². The van der Waals surface area contributed by atoms with Crippen LogP contribution in [0.3, 0.4) is 0 Å². The zero-order chi connectivity index (χ0) is 14.4. The van der Waals surface area contributed by atoms with Crippen LogP contribution >= 0.6 is 35.8 Å². The average Bonchev–Trinajstić information content (AvgIpc) is 2.46. The molecule has 0 aliphatic carbocycles. The van der Waals surface area contributed by atoms with Crippen LogP contribution in [-0.4, -0.2) is 40.9 Å². The first kappa shape index (κ1) is 18.6. The van der Waals surface area contributed by atoms with Gasteiger partial charge in [0.25, 0.3) is 0 Å². The molecule has 21 heavy (non-hydrogen) atoms. The van der Waals surface area contributed by atoms with E-state index in [2.05, 4.69) is 4.90 Å². The van der Waals surface area contributed by atoms with E-state index in [0.29, 0.717) is 11.4 Å². The summed E-state index contributed by atoms with van der Waals surface area (Å²) in [5.74, 6) is -0.734. The highest BCUT2D eigenvalue weighted by Gasteiger charge is 2.20. The molecule has 1 unspecified atom stereocenters. The lowest BCUT2D eigenvalue weighted by atomic mass is 10.1. The second-order valence-corrected chi connectivity index (χ2v) is 6.80. The third kappa shape index (κ3) is 6.47. The molecule has 1 N–H and O–H groups in total. The van der Waals surface area contributed by atoms with Crippen LogP contribution in [0.25, 0.3) is 0 Å². The number of carboxylic acids is 1. The largest absolute Gasteiger partial charge is 0.480 e. The van der Waals surface area contributed by atoms with Crippen molar-refractivity contribution >= 4 is 41.7 Å². The van der Waals surface area contributed by atoms with Gasteiger partial charge in [-0.3, -0.25) is 4.79 Å². The van der Waals surface area contributed by atoms with Gasteiger partial charge in [0, 0.05) is 9.92 Å². The lowest BCUT2D eigenvalue weighted by molar-refractivity contribution is -0.136. The van der Waals surface area contributed by atoms with E-state index in [1.165, 1.54) is 31.0 Å². The molecule has 3 nitrogen and oxygen atoms in total. The van der Waals surface area contributed by atoms with Gasteiger partial charge in [0.15, 0.2) is 0 Å². The number of hydrogen-bond acceptors (Lipinski definition) is 3. The van der Waals surface area contributed by atoms with Crippen molar-refractivity contribution in [1.82, 2.24) is 4.90 Å². The number of piperidine rings is 1. The second kappa shape index (κ2) is 9.57. The number of likely N-dealkylation sites (tertiary alicyclic amines) is 1. The van der Waals surface area contributed by atoms with Gasteiger partial charge in [-0.25, -0.2) is 0 Å². The first-order chi connectivity index (χ1) is 9.65. The van der Waals surface area contributed by atoms with Gasteiger partial charge in [0.2, 0.25) is 0 Å². The molecule has 0 spiro atoms. The molecule has 0 saturated carbocycles. The summed E-state index contributed by atoms with van der Waals surface area (Å²) in [4.78, 5) is 14.7. The number of carboxylic acid groups (broad SMARTS) is 1. The Labute approximate surface area is 141 Å². The lowest BCUT2D eigenvalue weighted by Gasteiger charge is -2.27. The van der Waals surface area contributed by atoms with Crippen molar-refractivity contribution in [2.24, 2.45) is 0 Å². The van der Waals surface area contributed by atoms with E-state index in [0.717, 1.165) is 24.5 Å². The quantitative estimate of drug-likeness (QED) is 0.782. The predicted molar refractivity (Wildman–Crippen MR) is 90.9 cm³/mol. The van der Waals surface area contributed by atoms with Crippen LogP contribution in [0.1, 0.15) is 25.7 Å². The molecule has 2 rings (SSSR count). The molecule has 1 saturated heterocycles. The minimum Gasteiger partial charge on any atom is -0.480 e. The zero-order valence-corrected chi connectivity index (χ0v) is 14.2. The van der Waals surface area contributed by atoms with Crippen LogP contribution in [0.5, 0.6) is 0 Å². The highest BCUT2D eigenvalue weighted by atomic mass is 35.5. The SMILES string of the molecule is Cl.O=C(O)C(CCN1CCCCC1)Sc1ccc(Cl)cc1. The van der Waals surface area contributed by atoms with Crippen molar-refractivity contribution in [2.45, 2.75) is 35.8 Å². The molecule has 1 aliphatic rings. The van der Waals surface area contributed by atoms with Crippen molar-refractivity contribution in [1.29, 1.82) is 0 Å². The fraction of sp³-hybridized carbons (Fsp3) is 0.533. The molecule has 6 heteroatoms. The fourth-order valence-electron chi connectivity index (χ4n) is 2.39. The monoisotopic (exact) mass is 349 g/mol. The minimum atomic E-state index is -0.734. The van der Waals surface area contributed by atoms with Gasteiger partial charge in [-0.15, -0.1) is 24.2 Å². The zero-order valence-electron chi connectivity index (χ0n) is 11.8. The summed E-state index contributed by atoms with van der Waals surface area (Å²) in [7, 11) is 0. The Morgan fingerprint density at radius 1 is 1.24 bits per heavy atom. The predicted octanol–water partition coefficient (Wildman–Crippen LogP) is 4.18. The van der Waals surface area contributed by atoms with Gasteiger partial charge >= 0.3 is 5.97 Å². The highest BCUT2D eigenvalue weighted by molar-refractivity contribution is 8.00. The summed E-state index contributed by atoms with van der Waals surface area (Å²) >= 11 is 7.25. The summed E-state index contributed by atoms with van der Waals surface area (Å²) in [6.07, 6.45) is 4.46. The normalized spacial score (nSPS) is 17.0. The van der Waals surface area contributed by atoms with Crippen LogP contribution in [0.4, 0.5) is 0 Å². The lowest BCUT2D eigenvalue weighted by Crippen LogP contribution is -2.33. The Balaban J connectivity index is 0.00000220. The number of benzene rings is 1. The summed E-state index contributed by atoms with van der Waals surface area (Å²) in [6.45, 7) is 3.09. The summed E-state index contributed by atoms with van der Waals surface area (Å²) in [5, 5.41) is 9.64. The smallest absolute Gasteiger partial charge is 0.317 e. The topological polar surface area (TPSA) is 40.5 Å². The van der Waals surface area contributed by atoms with Crippen molar-refractivity contribution in [3.05, 3.63) is 29.3 Å². The Kier molecular flexibility index (Phi) is 8.49. The Morgan fingerprint density at radius 2 is 1.86 bits per heavy atom. The summed E-state index contributed by atoms with van der Waals surface area (Å²) < 4.78 is 0. The maximum atomic E-state index is 11.4. The first-order valence-corrected chi connectivity index (χ1v) is 8.28. The van der Waals surface area contributed by atoms with Gasteiger partial charge in [-0.2, -0.15) is 0 Å². The van der Waals surface area contributed by atoms with E-state index in [1.54, 1.807) is 12.1 Å². The molecular weight excluding hydrogens is 329 g/mol. The number of halogens is 2. The highest BCUT2D eigenvalue weighted by Crippen LogP contribution is 2.27. The number of thioether (sulfide) groups is 1. The van der Waals surface area contributed by atoms with Gasteiger partial charge in [0.05, 0.1) is 0 Å². The summed E-state index contributed by atoms with van der Waals surface area (Å²) in [5.41, 5.74) is 0. The molecule has 1 heterocycles.